The first-order valence-corrected chi connectivity index (χ1v) is 13.8. The Labute approximate surface area is 241 Å². The van der Waals surface area contributed by atoms with Crippen LogP contribution in [0.5, 0.6) is 17.2 Å². The molecule has 3 heterocycles. The minimum Gasteiger partial charge on any atom is -0.493 e. The molecular formula is C32H27N3O5S. The summed E-state index contributed by atoms with van der Waals surface area (Å²) in [7, 11) is 4.65. The molecule has 41 heavy (non-hydrogen) atoms. The molecule has 8 nitrogen and oxygen atoms in total. The first-order chi connectivity index (χ1) is 19.9. The number of pyridine rings is 1. The molecular weight excluding hydrogens is 538 g/mol. The Morgan fingerprint density at radius 3 is 2.12 bits per heavy atom. The van der Waals surface area contributed by atoms with Crippen LogP contribution in [-0.4, -0.2) is 43.4 Å². The predicted molar refractivity (Wildman–Crippen MR) is 159 cm³/mol. The Hall–Kier alpha value is -4.76. The monoisotopic (exact) mass is 565 g/mol. The number of aryl methyl sites for hydroxylation is 1. The van der Waals surface area contributed by atoms with Crippen molar-refractivity contribution in [1.82, 2.24) is 4.98 Å². The molecule has 0 spiro atoms. The lowest BCUT2D eigenvalue weighted by molar-refractivity contribution is -0.120. The molecule has 1 atom stereocenters. The van der Waals surface area contributed by atoms with Crippen molar-refractivity contribution in [2.45, 2.75) is 17.2 Å². The number of methoxy groups -OCH3 is 3. The summed E-state index contributed by atoms with van der Waals surface area (Å²) < 4.78 is 16.8. The Morgan fingerprint density at radius 1 is 0.854 bits per heavy atom. The molecule has 206 valence electrons. The maximum absolute atomic E-state index is 13.8. The van der Waals surface area contributed by atoms with Crippen LogP contribution in [0.1, 0.15) is 11.1 Å². The number of ether oxygens (including phenoxy) is 3. The number of anilines is 1. The van der Waals surface area contributed by atoms with Crippen molar-refractivity contribution in [2.24, 2.45) is 5.73 Å². The van der Waals surface area contributed by atoms with Crippen molar-refractivity contribution in [3.63, 3.8) is 0 Å². The molecule has 0 aliphatic carbocycles. The number of thioether (sulfide) groups is 1. The van der Waals surface area contributed by atoms with Gasteiger partial charge in [0, 0.05) is 11.1 Å². The van der Waals surface area contributed by atoms with Gasteiger partial charge in [-0.2, -0.15) is 0 Å². The van der Waals surface area contributed by atoms with Crippen LogP contribution < -0.4 is 24.8 Å². The number of fused-ring (bicyclic) bond motifs is 2. The number of imide groups is 1. The number of carbonyl (C=O) groups is 2. The third kappa shape index (κ3) is 4.29. The summed E-state index contributed by atoms with van der Waals surface area (Å²) in [6, 6.07) is 22.6. The van der Waals surface area contributed by atoms with Gasteiger partial charge in [-0.25, -0.2) is 9.88 Å². The lowest BCUT2D eigenvalue weighted by Crippen LogP contribution is -2.31. The van der Waals surface area contributed by atoms with Gasteiger partial charge in [0.2, 0.25) is 5.75 Å². The molecule has 1 fully saturated rings. The molecule has 0 saturated carbocycles. The lowest BCUT2D eigenvalue weighted by atomic mass is 9.94. The number of benzene rings is 3. The zero-order chi connectivity index (χ0) is 28.8. The predicted octanol–water partition coefficient (Wildman–Crippen LogP) is 5.47. The second-order valence-electron chi connectivity index (χ2n) is 9.65. The maximum atomic E-state index is 13.8. The first-order valence-electron chi connectivity index (χ1n) is 12.9. The fourth-order valence-corrected chi connectivity index (χ4v) is 6.48. The molecule has 0 radical (unpaired) electrons. The average Bonchev–Trinajstić information content (AvgIpc) is 3.25. The first kappa shape index (κ1) is 26.5. The van der Waals surface area contributed by atoms with Crippen molar-refractivity contribution < 1.29 is 23.8 Å². The van der Waals surface area contributed by atoms with Crippen molar-refractivity contribution in [2.75, 3.05) is 26.2 Å². The molecule has 6 rings (SSSR count). The molecule has 1 saturated heterocycles. The minimum absolute atomic E-state index is 0.229. The summed E-state index contributed by atoms with van der Waals surface area (Å²) in [6.45, 7) is 1.95. The number of hydrogen-bond acceptors (Lipinski definition) is 8. The van der Waals surface area contributed by atoms with E-state index in [4.69, 9.17) is 24.9 Å². The number of rotatable bonds is 6. The number of hydrogen-bond donors (Lipinski definition) is 1. The van der Waals surface area contributed by atoms with Gasteiger partial charge in [-0.15, -0.1) is 0 Å². The zero-order valence-electron chi connectivity index (χ0n) is 22.9. The van der Waals surface area contributed by atoms with Crippen molar-refractivity contribution >= 4 is 35.0 Å². The van der Waals surface area contributed by atoms with E-state index in [1.54, 1.807) is 33.5 Å². The van der Waals surface area contributed by atoms with Crippen LogP contribution >= 0.6 is 11.8 Å². The minimum atomic E-state index is -0.803. The fraction of sp³-hybridized carbons (Fsp3) is 0.156. The van der Waals surface area contributed by atoms with Crippen LogP contribution in [0.4, 0.5) is 5.69 Å². The van der Waals surface area contributed by atoms with E-state index in [1.165, 1.54) is 16.7 Å². The van der Waals surface area contributed by atoms with Gasteiger partial charge in [0.25, 0.3) is 11.8 Å². The van der Waals surface area contributed by atoms with Gasteiger partial charge in [-0.05, 0) is 48.4 Å². The van der Waals surface area contributed by atoms with Crippen LogP contribution in [0.25, 0.3) is 28.1 Å². The van der Waals surface area contributed by atoms with E-state index < -0.39 is 11.2 Å². The number of nitrogens with zero attached hydrogens (tertiary/aromatic N) is 2. The van der Waals surface area contributed by atoms with E-state index >= 15 is 0 Å². The van der Waals surface area contributed by atoms with Crippen LogP contribution in [0, 0.1) is 6.92 Å². The lowest BCUT2D eigenvalue weighted by Gasteiger charge is -2.24. The van der Waals surface area contributed by atoms with Gasteiger partial charge in [-0.3, -0.25) is 9.59 Å². The van der Waals surface area contributed by atoms with Gasteiger partial charge in [0.1, 0.15) is 10.3 Å². The van der Waals surface area contributed by atoms with Crippen molar-refractivity contribution in [3.8, 4) is 39.6 Å². The van der Waals surface area contributed by atoms with E-state index in [-0.39, 0.29) is 17.2 Å². The number of aromatic nitrogens is 1. The van der Waals surface area contributed by atoms with E-state index in [2.05, 4.69) is 0 Å². The maximum Gasteiger partial charge on any atom is 0.264 e. The smallest absolute Gasteiger partial charge is 0.264 e. The van der Waals surface area contributed by atoms with Gasteiger partial charge in [-0.1, -0.05) is 59.8 Å². The van der Waals surface area contributed by atoms with Gasteiger partial charge in [0.15, 0.2) is 11.5 Å². The molecule has 0 unspecified atom stereocenters. The Bertz CT molecular complexity index is 1710. The Kier molecular flexibility index (Phi) is 6.67. The summed E-state index contributed by atoms with van der Waals surface area (Å²) in [4.78, 5) is 33.6. The molecule has 2 aliphatic heterocycles. The van der Waals surface area contributed by atoms with Crippen molar-refractivity contribution in [3.05, 3.63) is 89.5 Å². The summed E-state index contributed by atoms with van der Waals surface area (Å²) >= 11 is 1.24. The quantitative estimate of drug-likeness (QED) is 0.307. The van der Waals surface area contributed by atoms with Gasteiger partial charge >= 0.3 is 0 Å². The Balaban J connectivity index is 1.59. The summed E-state index contributed by atoms with van der Waals surface area (Å²) in [5.41, 5.74) is 12.5. The number of carbonyl (C=O) groups excluding carboxylic acids is 2. The standard InChI is InChI=1S/C32H27N3O5S/c1-17-10-12-20(13-11-17)35-31(36)26-27(33)25-21(19-14-23(38-2)28(40-4)24(15-19)39-3)16-22(18-8-6-5-7-9-18)34-30(25)41-29(26)32(35)37/h5-16,29H,33H2,1-4H3/t29-/m0/s1. The van der Waals surface area contributed by atoms with E-state index in [9.17, 15) is 9.59 Å². The van der Waals surface area contributed by atoms with Gasteiger partial charge < -0.3 is 19.9 Å². The van der Waals surface area contributed by atoms with E-state index in [1.807, 2.05) is 67.6 Å². The number of nitrogens with two attached hydrogens (primary N) is 1. The van der Waals surface area contributed by atoms with Crippen LogP contribution in [0.2, 0.25) is 0 Å². The average molecular weight is 566 g/mol. The second kappa shape index (κ2) is 10.3. The highest BCUT2D eigenvalue weighted by atomic mass is 32.2. The third-order valence-electron chi connectivity index (χ3n) is 7.25. The number of amides is 2. The topological polar surface area (TPSA) is 104 Å². The molecule has 4 aromatic rings. The highest BCUT2D eigenvalue weighted by Crippen LogP contribution is 2.50. The van der Waals surface area contributed by atoms with Gasteiger partial charge in [0.05, 0.1) is 44.0 Å². The van der Waals surface area contributed by atoms with Crippen LogP contribution in [0.3, 0.4) is 0 Å². The van der Waals surface area contributed by atoms with E-state index in [0.717, 1.165) is 22.3 Å². The molecule has 2 amide bonds. The molecule has 9 heteroatoms. The van der Waals surface area contributed by atoms with E-state index in [0.29, 0.717) is 39.2 Å². The van der Waals surface area contributed by atoms with Crippen LogP contribution in [-0.2, 0) is 9.59 Å². The highest BCUT2D eigenvalue weighted by molar-refractivity contribution is 8.01. The molecule has 0 bridgehead atoms. The Morgan fingerprint density at radius 2 is 1.51 bits per heavy atom. The molecule has 2 N–H and O–H groups in total. The largest absolute Gasteiger partial charge is 0.493 e. The summed E-state index contributed by atoms with van der Waals surface area (Å²) in [5.74, 6) is 0.630. The fourth-order valence-electron chi connectivity index (χ4n) is 5.21. The third-order valence-corrected chi connectivity index (χ3v) is 8.44. The SMILES string of the molecule is COc1cc(-c2cc(-c3ccccc3)nc3c2C(N)=C2C(=O)N(c4ccc(C)cc4)C(=O)[C@H]2S3)cc(OC)c1OC. The molecule has 1 aromatic heterocycles. The zero-order valence-corrected chi connectivity index (χ0v) is 23.7. The molecule has 2 aliphatic rings. The second-order valence-corrected chi connectivity index (χ2v) is 10.7. The van der Waals surface area contributed by atoms with Crippen LogP contribution in [0.15, 0.2) is 83.4 Å². The summed E-state index contributed by atoms with van der Waals surface area (Å²) in [6.07, 6.45) is 0. The summed E-state index contributed by atoms with van der Waals surface area (Å²) in [5, 5.41) is -0.240. The highest BCUT2D eigenvalue weighted by Gasteiger charge is 2.49. The normalized spacial score (nSPS) is 16.0. The molecule has 3 aromatic carbocycles. The van der Waals surface area contributed by atoms with Crippen molar-refractivity contribution in [1.29, 1.82) is 0 Å².